The summed E-state index contributed by atoms with van der Waals surface area (Å²) in [6.07, 6.45) is 0.661. The first-order chi connectivity index (χ1) is 7.13. The van der Waals surface area contributed by atoms with Crippen molar-refractivity contribution in [1.29, 1.82) is 5.26 Å². The summed E-state index contributed by atoms with van der Waals surface area (Å²) in [6.45, 7) is 0. The van der Waals surface area contributed by atoms with Gasteiger partial charge in [-0.2, -0.15) is 5.26 Å². The Morgan fingerprint density at radius 3 is 2.73 bits per heavy atom. The van der Waals surface area contributed by atoms with Gasteiger partial charge in [0.1, 0.15) is 12.4 Å². The van der Waals surface area contributed by atoms with Crippen LogP contribution >= 0.6 is 38.5 Å². The van der Waals surface area contributed by atoms with Gasteiger partial charge in [-0.1, -0.05) is 15.9 Å². The molecule has 3 nitrogen and oxygen atoms in total. The molecule has 0 unspecified atom stereocenters. The van der Waals surface area contributed by atoms with E-state index in [1.54, 1.807) is 6.07 Å². The molecule has 1 aromatic carbocycles. The Morgan fingerprint density at radius 2 is 2.27 bits per heavy atom. The van der Waals surface area contributed by atoms with Crippen LogP contribution in [0.15, 0.2) is 12.1 Å². The smallest absolute Gasteiger partial charge is 0.174 e. The standard InChI is InChI=1S/C10H5BrINO2/c11-3-10(15)7-1-6(5-14)2-9(12)8(7)4-13/h1-2,5H,3H2. The quantitative estimate of drug-likeness (QED) is 0.352. The van der Waals surface area contributed by atoms with Gasteiger partial charge in [-0.05, 0) is 34.7 Å². The van der Waals surface area contributed by atoms with E-state index in [9.17, 15) is 9.59 Å². The summed E-state index contributed by atoms with van der Waals surface area (Å²) in [7, 11) is 0. The Morgan fingerprint density at radius 1 is 1.60 bits per heavy atom. The van der Waals surface area contributed by atoms with E-state index >= 15 is 0 Å². The molecule has 0 aliphatic rings. The third-order valence-electron chi connectivity index (χ3n) is 1.78. The normalized spacial score (nSPS) is 9.40. The average Bonchev–Trinajstić information content (AvgIpc) is 2.26. The summed E-state index contributed by atoms with van der Waals surface area (Å²) in [5, 5.41) is 9.04. The summed E-state index contributed by atoms with van der Waals surface area (Å²) in [5.41, 5.74) is 1.02. The Hall–Kier alpha value is -0.740. The van der Waals surface area contributed by atoms with Gasteiger partial charge in [0, 0.05) is 14.7 Å². The minimum absolute atomic E-state index is 0.139. The number of nitriles is 1. The van der Waals surface area contributed by atoms with Crippen LogP contribution in [-0.4, -0.2) is 17.4 Å². The topological polar surface area (TPSA) is 57.9 Å². The van der Waals surface area contributed by atoms with E-state index in [0.717, 1.165) is 0 Å². The van der Waals surface area contributed by atoms with Crippen molar-refractivity contribution in [1.82, 2.24) is 0 Å². The van der Waals surface area contributed by atoms with E-state index in [1.807, 2.05) is 28.7 Å². The molecule has 0 saturated heterocycles. The highest BCUT2D eigenvalue weighted by Gasteiger charge is 2.14. The number of halogens is 2. The predicted octanol–water partition coefficient (Wildman–Crippen LogP) is 2.55. The van der Waals surface area contributed by atoms with Crippen LogP contribution in [0.4, 0.5) is 0 Å². The number of alkyl halides is 1. The summed E-state index contributed by atoms with van der Waals surface area (Å²) in [4.78, 5) is 22.1. The van der Waals surface area contributed by atoms with Gasteiger partial charge < -0.3 is 0 Å². The molecule has 15 heavy (non-hydrogen) atoms. The van der Waals surface area contributed by atoms with Crippen molar-refractivity contribution in [2.24, 2.45) is 0 Å². The summed E-state index contributed by atoms with van der Waals surface area (Å²) in [5.74, 6) is -0.201. The van der Waals surface area contributed by atoms with Gasteiger partial charge >= 0.3 is 0 Å². The van der Waals surface area contributed by atoms with Crippen LogP contribution in [0.3, 0.4) is 0 Å². The molecule has 0 atom stereocenters. The molecular formula is C10H5BrINO2. The lowest BCUT2D eigenvalue weighted by molar-refractivity contribution is 0.102. The van der Waals surface area contributed by atoms with E-state index in [2.05, 4.69) is 15.9 Å². The van der Waals surface area contributed by atoms with Gasteiger partial charge in [-0.3, -0.25) is 9.59 Å². The molecule has 0 fully saturated rings. The second kappa shape index (κ2) is 5.37. The van der Waals surface area contributed by atoms with Crippen molar-refractivity contribution in [2.45, 2.75) is 0 Å². The van der Waals surface area contributed by atoms with Crippen molar-refractivity contribution < 1.29 is 9.59 Å². The van der Waals surface area contributed by atoms with Gasteiger partial charge in [0.05, 0.1) is 10.9 Å². The zero-order valence-electron chi connectivity index (χ0n) is 7.46. The van der Waals surface area contributed by atoms with Gasteiger partial charge in [0.2, 0.25) is 0 Å². The molecule has 0 saturated carbocycles. The molecular weight excluding hydrogens is 373 g/mol. The molecule has 0 aliphatic carbocycles. The number of aldehydes is 1. The van der Waals surface area contributed by atoms with Crippen LogP contribution in [-0.2, 0) is 0 Å². The fraction of sp³-hybridized carbons (Fsp3) is 0.100. The van der Waals surface area contributed by atoms with Crippen molar-refractivity contribution in [3.8, 4) is 6.07 Å². The van der Waals surface area contributed by atoms with Crippen molar-refractivity contribution in [3.05, 3.63) is 32.4 Å². The van der Waals surface area contributed by atoms with Gasteiger partial charge in [-0.25, -0.2) is 0 Å². The molecule has 0 heterocycles. The van der Waals surface area contributed by atoms with E-state index in [-0.39, 0.29) is 11.1 Å². The Bertz CT molecular complexity index is 465. The van der Waals surface area contributed by atoms with Crippen LogP contribution in [0, 0.1) is 14.9 Å². The van der Waals surface area contributed by atoms with E-state index in [0.29, 0.717) is 26.5 Å². The monoisotopic (exact) mass is 377 g/mol. The number of Topliss-reactive ketones (excluding diaryl/α,β-unsaturated/α-hetero) is 1. The second-order valence-electron chi connectivity index (χ2n) is 2.71. The molecule has 0 radical (unpaired) electrons. The van der Waals surface area contributed by atoms with E-state index in [1.165, 1.54) is 6.07 Å². The first-order valence-electron chi connectivity index (χ1n) is 3.92. The molecule has 1 aromatic rings. The van der Waals surface area contributed by atoms with Crippen molar-refractivity contribution in [3.63, 3.8) is 0 Å². The third kappa shape index (κ3) is 2.63. The number of rotatable bonds is 3. The summed E-state index contributed by atoms with van der Waals surface area (Å²) >= 11 is 4.97. The Labute approximate surface area is 109 Å². The number of carbonyl (C=O) groups is 2. The maximum absolute atomic E-state index is 11.5. The highest BCUT2D eigenvalue weighted by molar-refractivity contribution is 14.1. The number of benzene rings is 1. The predicted molar refractivity (Wildman–Crippen MR) is 67.4 cm³/mol. The lowest BCUT2D eigenvalue weighted by atomic mass is 10.0. The fourth-order valence-electron chi connectivity index (χ4n) is 1.10. The number of hydrogen-bond donors (Lipinski definition) is 0. The fourth-order valence-corrected chi connectivity index (χ4v) is 2.17. The lowest BCUT2D eigenvalue weighted by Gasteiger charge is -2.04. The van der Waals surface area contributed by atoms with Crippen LogP contribution < -0.4 is 0 Å². The van der Waals surface area contributed by atoms with Crippen molar-refractivity contribution in [2.75, 3.05) is 5.33 Å². The number of hydrogen-bond acceptors (Lipinski definition) is 3. The Balaban J connectivity index is 3.47. The summed E-state index contributed by atoms with van der Waals surface area (Å²) < 4.78 is 0.615. The molecule has 0 spiro atoms. The third-order valence-corrected chi connectivity index (χ3v) is 3.14. The van der Waals surface area contributed by atoms with Gasteiger partial charge in [-0.15, -0.1) is 0 Å². The molecule has 0 bridgehead atoms. The van der Waals surface area contributed by atoms with Gasteiger partial charge in [0.25, 0.3) is 0 Å². The molecule has 0 amide bonds. The number of ketones is 1. The largest absolute Gasteiger partial charge is 0.298 e. The van der Waals surface area contributed by atoms with Crippen LogP contribution in [0.5, 0.6) is 0 Å². The maximum atomic E-state index is 11.5. The zero-order chi connectivity index (χ0) is 11.4. The molecule has 0 N–H and O–H groups in total. The number of nitrogens with zero attached hydrogens (tertiary/aromatic N) is 1. The van der Waals surface area contributed by atoms with Gasteiger partial charge in [0.15, 0.2) is 5.78 Å². The lowest BCUT2D eigenvalue weighted by Crippen LogP contribution is -2.06. The highest BCUT2D eigenvalue weighted by atomic mass is 127. The SMILES string of the molecule is N#Cc1c(I)cc(C=O)cc1C(=O)CBr. The van der Waals surface area contributed by atoms with E-state index < -0.39 is 0 Å². The first-order valence-corrected chi connectivity index (χ1v) is 6.12. The van der Waals surface area contributed by atoms with Crippen LogP contribution in [0.25, 0.3) is 0 Å². The highest BCUT2D eigenvalue weighted by Crippen LogP contribution is 2.19. The second-order valence-corrected chi connectivity index (χ2v) is 4.43. The maximum Gasteiger partial charge on any atom is 0.174 e. The molecule has 0 aliphatic heterocycles. The molecule has 76 valence electrons. The van der Waals surface area contributed by atoms with Crippen molar-refractivity contribution >= 4 is 50.6 Å². The summed E-state index contributed by atoms with van der Waals surface area (Å²) in [6, 6.07) is 4.99. The molecule has 1 rings (SSSR count). The minimum Gasteiger partial charge on any atom is -0.298 e. The minimum atomic E-state index is -0.201. The molecule has 0 aromatic heterocycles. The van der Waals surface area contributed by atoms with Crippen LogP contribution in [0.1, 0.15) is 26.3 Å². The van der Waals surface area contributed by atoms with Crippen LogP contribution in [0.2, 0.25) is 0 Å². The average molecular weight is 378 g/mol. The molecule has 5 heteroatoms. The number of carbonyl (C=O) groups excluding carboxylic acids is 2. The van der Waals surface area contributed by atoms with E-state index in [4.69, 9.17) is 5.26 Å². The Kier molecular flexibility index (Phi) is 4.42. The zero-order valence-corrected chi connectivity index (χ0v) is 11.2. The first kappa shape index (κ1) is 12.3.